The number of hydrogen-bond donors (Lipinski definition) is 1. The molecular weight excluding hydrogens is 408 g/mol. The molecule has 0 aromatic heterocycles. The van der Waals surface area contributed by atoms with Gasteiger partial charge in [0, 0.05) is 18.7 Å². The van der Waals surface area contributed by atoms with Crippen molar-refractivity contribution >= 4 is 27.5 Å². The highest BCUT2D eigenvalue weighted by Gasteiger charge is 2.30. The Morgan fingerprint density at radius 1 is 1.03 bits per heavy atom. The van der Waals surface area contributed by atoms with E-state index in [1.54, 1.807) is 6.07 Å². The third-order valence-electron chi connectivity index (χ3n) is 5.85. The third kappa shape index (κ3) is 4.06. The van der Waals surface area contributed by atoms with E-state index in [9.17, 15) is 13.2 Å². The molecule has 1 heterocycles. The molecule has 0 saturated carbocycles. The molecule has 0 bridgehead atoms. The molecule has 4 rings (SSSR count). The number of fused-ring (bicyclic) bond motifs is 1. The zero-order chi connectivity index (χ0) is 20.6. The molecule has 7 heteroatoms. The first-order valence-corrected chi connectivity index (χ1v) is 11.9. The van der Waals surface area contributed by atoms with Crippen LogP contribution in [0.25, 0.3) is 0 Å². The van der Waals surface area contributed by atoms with Crippen LogP contribution < -0.4 is 5.32 Å². The molecule has 29 heavy (non-hydrogen) atoms. The standard InChI is InChI=1S/C22H25ClN2O3S/c1-15(17-8-7-16-5-4-6-18(16)13-17)24-22(26)19-9-10-20(23)21(14-19)29(27,28)25-11-2-3-12-25/h7-10,13-15H,2-6,11-12H2,1H3,(H,24,26)/t15-/m0/s1. The number of halogens is 1. The molecule has 0 radical (unpaired) electrons. The largest absolute Gasteiger partial charge is 0.346 e. The van der Waals surface area contributed by atoms with Crippen molar-refractivity contribution in [3.63, 3.8) is 0 Å². The minimum atomic E-state index is -3.69. The van der Waals surface area contributed by atoms with Crippen LogP contribution in [0.2, 0.25) is 5.02 Å². The van der Waals surface area contributed by atoms with Gasteiger partial charge in [-0.15, -0.1) is 0 Å². The number of amides is 1. The number of nitrogens with one attached hydrogen (secondary N) is 1. The van der Waals surface area contributed by atoms with E-state index in [0.717, 1.165) is 31.2 Å². The Morgan fingerprint density at radius 3 is 2.52 bits per heavy atom. The summed E-state index contributed by atoms with van der Waals surface area (Å²) >= 11 is 6.18. The summed E-state index contributed by atoms with van der Waals surface area (Å²) in [6.07, 6.45) is 5.07. The quantitative estimate of drug-likeness (QED) is 0.773. The summed E-state index contributed by atoms with van der Waals surface area (Å²) in [7, 11) is -3.69. The van der Waals surface area contributed by atoms with Crippen LogP contribution in [0.3, 0.4) is 0 Å². The SMILES string of the molecule is C[C@H](NC(=O)c1ccc(Cl)c(S(=O)(=O)N2CCCC2)c1)c1ccc2c(c1)CCC2. The number of aryl methyl sites for hydroxylation is 2. The molecule has 1 aliphatic heterocycles. The van der Waals surface area contributed by atoms with Crippen molar-refractivity contribution in [3.8, 4) is 0 Å². The zero-order valence-corrected chi connectivity index (χ0v) is 18.0. The van der Waals surface area contributed by atoms with Crippen molar-refractivity contribution in [3.05, 3.63) is 63.7 Å². The second-order valence-electron chi connectivity index (χ2n) is 7.83. The number of rotatable bonds is 5. The van der Waals surface area contributed by atoms with Crippen LogP contribution in [-0.4, -0.2) is 31.7 Å². The van der Waals surface area contributed by atoms with Crippen LogP contribution in [0.1, 0.15) is 59.3 Å². The van der Waals surface area contributed by atoms with Crippen LogP contribution in [0.4, 0.5) is 0 Å². The molecular formula is C22H25ClN2O3S. The van der Waals surface area contributed by atoms with E-state index in [2.05, 4.69) is 23.5 Å². The van der Waals surface area contributed by atoms with Gasteiger partial charge in [0.1, 0.15) is 4.90 Å². The van der Waals surface area contributed by atoms with E-state index >= 15 is 0 Å². The number of sulfonamides is 1. The minimum absolute atomic E-state index is 0.00102. The first-order chi connectivity index (χ1) is 13.9. The number of nitrogens with zero attached hydrogens (tertiary/aromatic N) is 1. The third-order valence-corrected chi connectivity index (χ3v) is 8.23. The lowest BCUT2D eigenvalue weighted by Crippen LogP contribution is -2.29. The molecule has 1 saturated heterocycles. The first kappa shape index (κ1) is 20.4. The Hall–Kier alpha value is -1.89. The minimum Gasteiger partial charge on any atom is -0.346 e. The number of hydrogen-bond acceptors (Lipinski definition) is 3. The topological polar surface area (TPSA) is 66.5 Å². The Labute approximate surface area is 177 Å². The predicted octanol–water partition coefficient (Wildman–Crippen LogP) is 4.10. The predicted molar refractivity (Wildman–Crippen MR) is 114 cm³/mol. The summed E-state index contributed by atoms with van der Waals surface area (Å²) in [6.45, 7) is 2.92. The fourth-order valence-electron chi connectivity index (χ4n) is 4.13. The maximum atomic E-state index is 12.9. The fourth-order valence-corrected chi connectivity index (χ4v) is 6.15. The first-order valence-electron chi connectivity index (χ1n) is 10.1. The van der Waals surface area contributed by atoms with Gasteiger partial charge in [-0.05, 0) is 73.9 Å². The average Bonchev–Trinajstić information content (AvgIpc) is 3.39. The van der Waals surface area contributed by atoms with E-state index in [-0.39, 0.29) is 21.9 Å². The molecule has 2 aromatic carbocycles. The Bertz CT molecular complexity index is 1050. The summed E-state index contributed by atoms with van der Waals surface area (Å²) in [5, 5.41) is 3.12. The number of benzene rings is 2. The lowest BCUT2D eigenvalue weighted by molar-refractivity contribution is 0.0939. The van der Waals surface area contributed by atoms with Crippen LogP contribution in [0.15, 0.2) is 41.3 Å². The van der Waals surface area contributed by atoms with Crippen LogP contribution in [0, 0.1) is 0 Å². The lowest BCUT2D eigenvalue weighted by Gasteiger charge is -2.18. The highest BCUT2D eigenvalue weighted by molar-refractivity contribution is 7.89. The Balaban J connectivity index is 1.54. The highest BCUT2D eigenvalue weighted by Crippen LogP contribution is 2.29. The van der Waals surface area contributed by atoms with Gasteiger partial charge < -0.3 is 5.32 Å². The van der Waals surface area contributed by atoms with Gasteiger partial charge in [0.15, 0.2) is 0 Å². The monoisotopic (exact) mass is 432 g/mol. The van der Waals surface area contributed by atoms with Crippen molar-refractivity contribution in [2.75, 3.05) is 13.1 Å². The summed E-state index contributed by atoms with van der Waals surface area (Å²) < 4.78 is 27.2. The Kier molecular flexibility index (Phi) is 5.69. The van der Waals surface area contributed by atoms with E-state index in [4.69, 9.17) is 11.6 Å². The van der Waals surface area contributed by atoms with Gasteiger partial charge in [0.25, 0.3) is 5.91 Å². The zero-order valence-electron chi connectivity index (χ0n) is 16.4. The highest BCUT2D eigenvalue weighted by atomic mass is 35.5. The summed E-state index contributed by atoms with van der Waals surface area (Å²) in [5.41, 5.74) is 4.09. The lowest BCUT2D eigenvalue weighted by atomic mass is 10.0. The molecule has 1 aliphatic carbocycles. The van der Waals surface area contributed by atoms with Gasteiger partial charge in [0.2, 0.25) is 10.0 Å². The second-order valence-corrected chi connectivity index (χ2v) is 10.1. The molecule has 2 aromatic rings. The molecule has 1 fully saturated rings. The Morgan fingerprint density at radius 2 is 1.76 bits per heavy atom. The van der Waals surface area contributed by atoms with E-state index < -0.39 is 10.0 Å². The van der Waals surface area contributed by atoms with Crippen molar-refractivity contribution in [2.24, 2.45) is 0 Å². The number of carbonyl (C=O) groups excluding carboxylic acids is 1. The maximum absolute atomic E-state index is 12.9. The second kappa shape index (κ2) is 8.09. The summed E-state index contributed by atoms with van der Waals surface area (Å²) in [6, 6.07) is 10.6. The molecule has 1 amide bonds. The van der Waals surface area contributed by atoms with Crippen molar-refractivity contribution in [2.45, 2.75) is 50.0 Å². The number of carbonyl (C=O) groups is 1. The molecule has 0 unspecified atom stereocenters. The maximum Gasteiger partial charge on any atom is 0.251 e. The van der Waals surface area contributed by atoms with Crippen molar-refractivity contribution in [1.29, 1.82) is 0 Å². The molecule has 0 spiro atoms. The fraction of sp³-hybridized carbons (Fsp3) is 0.409. The smallest absolute Gasteiger partial charge is 0.251 e. The van der Waals surface area contributed by atoms with E-state index in [1.807, 2.05) is 6.92 Å². The van der Waals surface area contributed by atoms with Gasteiger partial charge in [-0.1, -0.05) is 29.8 Å². The summed E-state index contributed by atoms with van der Waals surface area (Å²) in [4.78, 5) is 12.8. The van der Waals surface area contributed by atoms with Gasteiger partial charge in [-0.25, -0.2) is 8.42 Å². The van der Waals surface area contributed by atoms with Crippen molar-refractivity contribution < 1.29 is 13.2 Å². The van der Waals surface area contributed by atoms with Crippen LogP contribution in [-0.2, 0) is 22.9 Å². The molecule has 2 aliphatic rings. The molecule has 5 nitrogen and oxygen atoms in total. The van der Waals surface area contributed by atoms with Gasteiger partial charge in [0.05, 0.1) is 11.1 Å². The molecule has 1 N–H and O–H groups in total. The molecule has 1 atom stereocenters. The van der Waals surface area contributed by atoms with E-state index in [0.29, 0.717) is 18.7 Å². The van der Waals surface area contributed by atoms with Crippen LogP contribution in [0.5, 0.6) is 0 Å². The van der Waals surface area contributed by atoms with Crippen LogP contribution >= 0.6 is 11.6 Å². The normalized spacial score (nSPS) is 17.9. The van der Waals surface area contributed by atoms with E-state index in [1.165, 1.54) is 34.0 Å². The van der Waals surface area contributed by atoms with Gasteiger partial charge in [-0.3, -0.25) is 4.79 Å². The average molecular weight is 433 g/mol. The van der Waals surface area contributed by atoms with Gasteiger partial charge >= 0.3 is 0 Å². The van der Waals surface area contributed by atoms with Crippen molar-refractivity contribution in [1.82, 2.24) is 9.62 Å². The van der Waals surface area contributed by atoms with Gasteiger partial charge in [-0.2, -0.15) is 4.31 Å². The summed E-state index contributed by atoms with van der Waals surface area (Å²) in [5.74, 6) is -0.312. The molecule has 154 valence electrons.